The van der Waals surface area contributed by atoms with Gasteiger partial charge in [-0.3, -0.25) is 9.59 Å². The minimum atomic E-state index is 0.0314. The van der Waals surface area contributed by atoms with Gasteiger partial charge in [0.25, 0.3) is 0 Å². The fraction of sp³-hybridized carbons (Fsp3) is 0.750. The molecule has 1 aliphatic heterocycles. The molecule has 0 atom stereocenters. The summed E-state index contributed by atoms with van der Waals surface area (Å²) >= 11 is 0. The zero-order chi connectivity index (χ0) is 9.30. The SMILES string of the molecule is CC(=O)N1CC(C(=O)N(C)C)C1. The summed E-state index contributed by atoms with van der Waals surface area (Å²) in [6, 6.07) is 0. The lowest BCUT2D eigenvalue weighted by Crippen LogP contribution is -2.54. The maximum Gasteiger partial charge on any atom is 0.228 e. The summed E-state index contributed by atoms with van der Waals surface area (Å²) < 4.78 is 0. The Labute approximate surface area is 72.1 Å². The Kier molecular flexibility index (Phi) is 2.35. The number of likely N-dealkylation sites (tertiary alicyclic amines) is 1. The monoisotopic (exact) mass is 170 g/mol. The predicted molar refractivity (Wildman–Crippen MR) is 44.4 cm³/mol. The van der Waals surface area contributed by atoms with Gasteiger partial charge in [0.15, 0.2) is 0 Å². The van der Waals surface area contributed by atoms with E-state index in [9.17, 15) is 9.59 Å². The van der Waals surface area contributed by atoms with Crippen LogP contribution >= 0.6 is 0 Å². The molecule has 4 nitrogen and oxygen atoms in total. The quantitative estimate of drug-likeness (QED) is 0.535. The minimum Gasteiger partial charge on any atom is -0.348 e. The number of hydrogen-bond donors (Lipinski definition) is 0. The van der Waals surface area contributed by atoms with Crippen molar-refractivity contribution in [2.75, 3.05) is 27.2 Å². The van der Waals surface area contributed by atoms with Crippen LogP contribution in [0.1, 0.15) is 6.92 Å². The predicted octanol–water partition coefficient (Wildman–Crippen LogP) is -0.447. The van der Waals surface area contributed by atoms with Gasteiger partial charge in [-0.25, -0.2) is 0 Å². The first kappa shape index (κ1) is 9.03. The molecule has 0 aliphatic carbocycles. The van der Waals surface area contributed by atoms with Crippen LogP contribution in [0.25, 0.3) is 0 Å². The molecule has 0 N–H and O–H groups in total. The second-order valence-electron chi connectivity index (χ2n) is 3.35. The molecule has 0 saturated carbocycles. The zero-order valence-electron chi connectivity index (χ0n) is 7.70. The molecule has 0 spiro atoms. The van der Waals surface area contributed by atoms with E-state index in [0.717, 1.165) is 0 Å². The van der Waals surface area contributed by atoms with Gasteiger partial charge in [-0.1, -0.05) is 0 Å². The Balaban J connectivity index is 2.35. The molecular formula is C8H14N2O2. The Hall–Kier alpha value is -1.06. The van der Waals surface area contributed by atoms with E-state index in [0.29, 0.717) is 13.1 Å². The maximum absolute atomic E-state index is 11.3. The third kappa shape index (κ3) is 1.57. The van der Waals surface area contributed by atoms with Gasteiger partial charge in [0.05, 0.1) is 5.92 Å². The van der Waals surface area contributed by atoms with E-state index in [2.05, 4.69) is 0 Å². The highest BCUT2D eigenvalue weighted by Crippen LogP contribution is 2.16. The Bertz CT molecular complexity index is 207. The molecule has 4 heteroatoms. The smallest absolute Gasteiger partial charge is 0.228 e. The molecule has 1 fully saturated rings. The van der Waals surface area contributed by atoms with Crippen molar-refractivity contribution in [1.29, 1.82) is 0 Å². The summed E-state index contributed by atoms with van der Waals surface area (Å²) in [5.41, 5.74) is 0. The van der Waals surface area contributed by atoms with Crippen molar-refractivity contribution >= 4 is 11.8 Å². The Morgan fingerprint density at radius 2 is 1.83 bits per heavy atom. The van der Waals surface area contributed by atoms with E-state index in [1.165, 1.54) is 6.92 Å². The highest BCUT2D eigenvalue weighted by molar-refractivity contribution is 5.83. The van der Waals surface area contributed by atoms with Crippen LogP contribution in [0.3, 0.4) is 0 Å². The molecule has 1 heterocycles. The van der Waals surface area contributed by atoms with Gasteiger partial charge in [-0.05, 0) is 0 Å². The molecule has 0 aromatic heterocycles. The fourth-order valence-corrected chi connectivity index (χ4v) is 1.26. The molecule has 68 valence electrons. The fourth-order valence-electron chi connectivity index (χ4n) is 1.26. The highest BCUT2D eigenvalue weighted by atomic mass is 16.2. The average molecular weight is 170 g/mol. The molecular weight excluding hydrogens is 156 g/mol. The second kappa shape index (κ2) is 3.13. The first-order chi connectivity index (χ1) is 5.52. The van der Waals surface area contributed by atoms with Crippen molar-refractivity contribution in [3.63, 3.8) is 0 Å². The van der Waals surface area contributed by atoms with Crippen LogP contribution in [0.5, 0.6) is 0 Å². The maximum atomic E-state index is 11.3. The third-order valence-corrected chi connectivity index (χ3v) is 2.12. The topological polar surface area (TPSA) is 40.6 Å². The molecule has 0 aromatic rings. The van der Waals surface area contributed by atoms with E-state index >= 15 is 0 Å². The van der Waals surface area contributed by atoms with Crippen LogP contribution in [0.2, 0.25) is 0 Å². The van der Waals surface area contributed by atoms with Crippen molar-refractivity contribution in [3.8, 4) is 0 Å². The Morgan fingerprint density at radius 1 is 1.33 bits per heavy atom. The summed E-state index contributed by atoms with van der Waals surface area (Å²) in [7, 11) is 3.47. The van der Waals surface area contributed by atoms with Gasteiger partial charge in [-0.2, -0.15) is 0 Å². The zero-order valence-corrected chi connectivity index (χ0v) is 7.70. The first-order valence-corrected chi connectivity index (χ1v) is 3.99. The number of amides is 2. The number of rotatable bonds is 1. The van der Waals surface area contributed by atoms with Gasteiger partial charge in [-0.15, -0.1) is 0 Å². The molecule has 0 radical (unpaired) electrons. The number of hydrogen-bond acceptors (Lipinski definition) is 2. The van der Waals surface area contributed by atoms with Gasteiger partial charge >= 0.3 is 0 Å². The van der Waals surface area contributed by atoms with Crippen LogP contribution in [0.4, 0.5) is 0 Å². The molecule has 0 unspecified atom stereocenters. The van der Waals surface area contributed by atoms with E-state index < -0.39 is 0 Å². The number of nitrogens with zero attached hydrogens (tertiary/aromatic N) is 2. The van der Waals surface area contributed by atoms with Gasteiger partial charge in [0, 0.05) is 34.1 Å². The molecule has 0 aromatic carbocycles. The molecule has 1 rings (SSSR count). The standard InChI is InChI=1S/C8H14N2O2/c1-6(11)10-4-7(5-10)8(12)9(2)3/h7H,4-5H2,1-3H3. The summed E-state index contributed by atoms with van der Waals surface area (Å²) in [5, 5.41) is 0. The largest absolute Gasteiger partial charge is 0.348 e. The first-order valence-electron chi connectivity index (χ1n) is 3.99. The lowest BCUT2D eigenvalue weighted by Gasteiger charge is -2.38. The van der Waals surface area contributed by atoms with Crippen LogP contribution in [0.15, 0.2) is 0 Å². The Morgan fingerprint density at radius 3 is 2.17 bits per heavy atom. The van der Waals surface area contributed by atoms with Crippen LogP contribution in [-0.4, -0.2) is 48.8 Å². The lowest BCUT2D eigenvalue weighted by molar-refractivity contribution is -0.145. The molecule has 0 bridgehead atoms. The molecule has 1 saturated heterocycles. The average Bonchev–Trinajstić information content (AvgIpc) is 1.82. The lowest BCUT2D eigenvalue weighted by atomic mass is 9.99. The third-order valence-electron chi connectivity index (χ3n) is 2.12. The van der Waals surface area contributed by atoms with Gasteiger partial charge in [0.1, 0.15) is 0 Å². The molecule has 12 heavy (non-hydrogen) atoms. The second-order valence-corrected chi connectivity index (χ2v) is 3.35. The summed E-state index contributed by atoms with van der Waals surface area (Å²) in [6.45, 7) is 2.70. The van der Waals surface area contributed by atoms with E-state index in [1.54, 1.807) is 23.9 Å². The van der Waals surface area contributed by atoms with Crippen molar-refractivity contribution < 1.29 is 9.59 Å². The summed E-state index contributed by atoms with van der Waals surface area (Å²) in [4.78, 5) is 25.3. The minimum absolute atomic E-state index is 0.0314. The van der Waals surface area contributed by atoms with E-state index in [1.807, 2.05) is 0 Å². The summed E-state index contributed by atoms with van der Waals surface area (Å²) in [5.74, 6) is 0.203. The van der Waals surface area contributed by atoms with Crippen molar-refractivity contribution in [3.05, 3.63) is 0 Å². The molecule has 2 amide bonds. The number of carbonyl (C=O) groups excluding carboxylic acids is 2. The van der Waals surface area contributed by atoms with E-state index in [-0.39, 0.29) is 17.7 Å². The van der Waals surface area contributed by atoms with Crippen molar-refractivity contribution in [1.82, 2.24) is 9.80 Å². The van der Waals surface area contributed by atoms with Crippen molar-refractivity contribution in [2.45, 2.75) is 6.92 Å². The molecule has 1 aliphatic rings. The van der Waals surface area contributed by atoms with Gasteiger partial charge in [0.2, 0.25) is 11.8 Å². The van der Waals surface area contributed by atoms with Crippen molar-refractivity contribution in [2.24, 2.45) is 5.92 Å². The normalized spacial score (nSPS) is 17.1. The number of carbonyl (C=O) groups is 2. The van der Waals surface area contributed by atoms with Gasteiger partial charge < -0.3 is 9.80 Å². The van der Waals surface area contributed by atoms with Crippen LogP contribution < -0.4 is 0 Å². The van der Waals surface area contributed by atoms with Crippen LogP contribution in [-0.2, 0) is 9.59 Å². The van der Waals surface area contributed by atoms with Crippen LogP contribution in [0, 0.1) is 5.92 Å². The van der Waals surface area contributed by atoms with E-state index in [4.69, 9.17) is 0 Å². The summed E-state index contributed by atoms with van der Waals surface area (Å²) in [6.07, 6.45) is 0. The highest BCUT2D eigenvalue weighted by Gasteiger charge is 2.34.